The van der Waals surface area contributed by atoms with Gasteiger partial charge in [-0.3, -0.25) is 15.0 Å². The highest BCUT2D eigenvalue weighted by Gasteiger charge is 2.38. The lowest BCUT2D eigenvalue weighted by molar-refractivity contribution is -0.125. The van der Waals surface area contributed by atoms with Gasteiger partial charge < -0.3 is 9.15 Å². The van der Waals surface area contributed by atoms with E-state index >= 15 is 0 Å². The van der Waals surface area contributed by atoms with Crippen molar-refractivity contribution >= 4 is 22.8 Å². The Kier molecular flexibility index (Phi) is 4.50. The van der Waals surface area contributed by atoms with Crippen molar-refractivity contribution < 1.29 is 13.9 Å². The van der Waals surface area contributed by atoms with Gasteiger partial charge in [0.1, 0.15) is 0 Å². The molecule has 2 aromatic heterocycles. The molecule has 2 aliphatic rings. The van der Waals surface area contributed by atoms with Crippen molar-refractivity contribution in [2.24, 2.45) is 5.92 Å². The van der Waals surface area contributed by atoms with Crippen LogP contribution in [0.4, 0.5) is 5.95 Å². The molecule has 0 atom stereocenters. The van der Waals surface area contributed by atoms with E-state index < -0.39 is 0 Å². The fraction of sp³-hybridized carbons (Fsp3) is 0.400. The van der Waals surface area contributed by atoms with Crippen molar-refractivity contribution in [1.29, 1.82) is 0 Å². The van der Waals surface area contributed by atoms with Crippen molar-refractivity contribution in [3.05, 3.63) is 37.0 Å². The minimum absolute atomic E-state index is 0.00440. The number of nitrogens with one attached hydrogen (secondary N) is 1. The van der Waals surface area contributed by atoms with Crippen LogP contribution in [-0.4, -0.2) is 58.1 Å². The first-order valence-electron chi connectivity index (χ1n) is 9.54. The zero-order valence-corrected chi connectivity index (χ0v) is 15.4. The van der Waals surface area contributed by atoms with Crippen LogP contribution in [0.5, 0.6) is 0 Å². The number of morpholine rings is 1. The van der Waals surface area contributed by atoms with Gasteiger partial charge in [-0.15, -0.1) is 0 Å². The molecule has 0 bridgehead atoms. The number of carbonyl (C=O) groups is 1. The summed E-state index contributed by atoms with van der Waals surface area (Å²) in [6, 6.07) is 6.26. The number of oxazole rings is 1. The molecule has 144 valence electrons. The van der Waals surface area contributed by atoms with Crippen LogP contribution < -0.4 is 5.32 Å². The monoisotopic (exact) mass is 379 g/mol. The third-order valence-electron chi connectivity index (χ3n) is 5.58. The molecule has 0 radical (unpaired) electrons. The van der Waals surface area contributed by atoms with E-state index in [0.29, 0.717) is 17.8 Å². The van der Waals surface area contributed by atoms with Crippen molar-refractivity contribution in [3.63, 3.8) is 0 Å². The topological polar surface area (TPSA) is 93.4 Å². The molecule has 1 saturated heterocycles. The van der Waals surface area contributed by atoms with Crippen LogP contribution in [0.3, 0.4) is 0 Å². The molecule has 1 N–H and O–H groups in total. The van der Waals surface area contributed by atoms with Gasteiger partial charge in [0.25, 0.3) is 0 Å². The molecule has 0 spiro atoms. The Hall–Kier alpha value is -2.84. The summed E-state index contributed by atoms with van der Waals surface area (Å²) in [5.74, 6) is 1.03. The molecular weight excluding hydrogens is 358 g/mol. The van der Waals surface area contributed by atoms with Crippen LogP contribution in [0.1, 0.15) is 12.8 Å². The fourth-order valence-corrected chi connectivity index (χ4v) is 3.85. The Bertz CT molecular complexity index is 979. The number of hydrogen-bond acceptors (Lipinski definition) is 7. The van der Waals surface area contributed by atoms with Gasteiger partial charge >= 0.3 is 0 Å². The fourth-order valence-electron chi connectivity index (χ4n) is 3.85. The maximum atomic E-state index is 12.6. The summed E-state index contributed by atoms with van der Waals surface area (Å²) in [5.41, 5.74) is 1.63. The summed E-state index contributed by atoms with van der Waals surface area (Å²) in [7, 11) is 0. The largest absolute Gasteiger partial charge is 0.444 e. The molecule has 2 fully saturated rings. The molecule has 1 amide bonds. The van der Waals surface area contributed by atoms with Crippen LogP contribution in [-0.2, 0) is 9.53 Å². The average Bonchev–Trinajstić information content (AvgIpc) is 3.22. The number of rotatable bonds is 4. The quantitative estimate of drug-likeness (QED) is 0.743. The van der Waals surface area contributed by atoms with Crippen LogP contribution in [0, 0.1) is 5.92 Å². The van der Waals surface area contributed by atoms with Gasteiger partial charge in [0, 0.05) is 42.2 Å². The smallest absolute Gasteiger partial charge is 0.229 e. The number of hydrogen-bond donors (Lipinski definition) is 1. The summed E-state index contributed by atoms with van der Waals surface area (Å²) in [6.07, 6.45) is 6.55. The molecule has 28 heavy (non-hydrogen) atoms. The normalized spacial score (nSPS) is 22.7. The number of nitrogens with zero attached hydrogens (tertiary/aromatic N) is 4. The third kappa shape index (κ3) is 3.36. The van der Waals surface area contributed by atoms with E-state index in [1.54, 1.807) is 12.4 Å². The first-order chi connectivity index (χ1) is 13.8. The van der Waals surface area contributed by atoms with E-state index in [9.17, 15) is 4.79 Å². The number of amides is 1. The predicted octanol–water partition coefficient (Wildman–Crippen LogP) is 2.33. The minimum atomic E-state index is -0.00440. The SMILES string of the molecule is O=C(Nc1ncc2ccc(-c3cnco3)cc2n1)[C@H]1C[C@H](N2CCOCC2)C1. The summed E-state index contributed by atoms with van der Waals surface area (Å²) in [6.45, 7) is 3.49. The zero-order valence-electron chi connectivity index (χ0n) is 15.4. The van der Waals surface area contributed by atoms with Gasteiger partial charge in [-0.2, -0.15) is 0 Å². The Balaban J connectivity index is 1.25. The first kappa shape index (κ1) is 17.3. The Morgan fingerprint density at radius 1 is 1.18 bits per heavy atom. The highest BCUT2D eigenvalue weighted by Crippen LogP contribution is 2.33. The maximum Gasteiger partial charge on any atom is 0.229 e. The molecule has 3 heterocycles. The highest BCUT2D eigenvalue weighted by atomic mass is 16.5. The van der Waals surface area contributed by atoms with Crippen molar-refractivity contribution in [2.45, 2.75) is 18.9 Å². The van der Waals surface area contributed by atoms with E-state index in [4.69, 9.17) is 9.15 Å². The Labute approximate surface area is 161 Å². The lowest BCUT2D eigenvalue weighted by Crippen LogP contribution is -2.52. The summed E-state index contributed by atoms with van der Waals surface area (Å²) < 4.78 is 10.7. The molecule has 5 rings (SSSR count). The number of anilines is 1. The van der Waals surface area contributed by atoms with E-state index in [1.807, 2.05) is 18.2 Å². The van der Waals surface area contributed by atoms with Gasteiger partial charge in [-0.1, -0.05) is 12.1 Å². The molecule has 8 heteroatoms. The second-order valence-corrected chi connectivity index (χ2v) is 7.29. The summed E-state index contributed by atoms with van der Waals surface area (Å²) in [5, 5.41) is 3.77. The molecule has 1 aromatic carbocycles. The van der Waals surface area contributed by atoms with E-state index in [1.165, 1.54) is 6.39 Å². The number of benzene rings is 1. The second-order valence-electron chi connectivity index (χ2n) is 7.29. The van der Waals surface area contributed by atoms with Gasteiger partial charge in [0.2, 0.25) is 11.9 Å². The van der Waals surface area contributed by atoms with E-state index in [0.717, 1.165) is 55.6 Å². The maximum absolute atomic E-state index is 12.6. The van der Waals surface area contributed by atoms with Gasteiger partial charge in [0.15, 0.2) is 12.2 Å². The summed E-state index contributed by atoms with van der Waals surface area (Å²) in [4.78, 5) is 27.7. The van der Waals surface area contributed by atoms with E-state index in [2.05, 4.69) is 25.2 Å². The van der Waals surface area contributed by atoms with Gasteiger partial charge in [-0.05, 0) is 18.9 Å². The Morgan fingerprint density at radius 3 is 2.82 bits per heavy atom. The predicted molar refractivity (Wildman–Crippen MR) is 103 cm³/mol. The second kappa shape index (κ2) is 7.29. The van der Waals surface area contributed by atoms with Crippen molar-refractivity contribution in [2.75, 3.05) is 31.6 Å². The number of fused-ring (bicyclic) bond motifs is 1. The lowest BCUT2D eigenvalue weighted by atomic mass is 9.78. The highest BCUT2D eigenvalue weighted by molar-refractivity contribution is 5.93. The number of ether oxygens (including phenoxy) is 1. The number of aromatic nitrogens is 3. The summed E-state index contributed by atoms with van der Waals surface area (Å²) >= 11 is 0. The molecule has 0 unspecified atom stereocenters. The van der Waals surface area contributed by atoms with Crippen LogP contribution in [0.2, 0.25) is 0 Å². The van der Waals surface area contributed by atoms with Crippen LogP contribution >= 0.6 is 0 Å². The van der Waals surface area contributed by atoms with Crippen molar-refractivity contribution in [3.8, 4) is 11.3 Å². The zero-order chi connectivity index (χ0) is 18.9. The molecule has 1 aliphatic carbocycles. The lowest BCUT2D eigenvalue weighted by Gasteiger charge is -2.43. The van der Waals surface area contributed by atoms with Gasteiger partial charge in [0.05, 0.1) is 24.9 Å². The van der Waals surface area contributed by atoms with Gasteiger partial charge in [-0.25, -0.2) is 15.0 Å². The molecule has 1 aliphatic heterocycles. The minimum Gasteiger partial charge on any atom is -0.444 e. The average molecular weight is 379 g/mol. The van der Waals surface area contributed by atoms with Crippen molar-refractivity contribution in [1.82, 2.24) is 19.9 Å². The number of carbonyl (C=O) groups excluding carboxylic acids is 1. The third-order valence-corrected chi connectivity index (χ3v) is 5.58. The first-order valence-corrected chi connectivity index (χ1v) is 9.54. The molecule has 8 nitrogen and oxygen atoms in total. The standard InChI is InChI=1S/C20H21N5O3/c26-19(15-7-16(8-15)25-3-5-27-6-4-25)24-20-22-10-14-2-1-13(9-17(14)23-20)18-11-21-12-28-18/h1-2,9-12,15-16H,3-8H2,(H,22,23,24,26)/t15-,16-. The molecule has 3 aromatic rings. The molecular formula is C20H21N5O3. The van der Waals surface area contributed by atoms with E-state index in [-0.39, 0.29) is 11.8 Å². The Morgan fingerprint density at radius 2 is 2.04 bits per heavy atom. The van der Waals surface area contributed by atoms with Crippen LogP contribution in [0.15, 0.2) is 41.4 Å². The molecule has 1 saturated carbocycles. The van der Waals surface area contributed by atoms with Crippen LogP contribution in [0.25, 0.3) is 22.2 Å².